The Bertz CT molecular complexity index is 789. The summed E-state index contributed by atoms with van der Waals surface area (Å²) in [5.41, 5.74) is 2.46. The van der Waals surface area contributed by atoms with Crippen LogP contribution in [0.5, 0.6) is 0 Å². The quantitative estimate of drug-likeness (QED) is 0.746. The zero-order valence-corrected chi connectivity index (χ0v) is 11.3. The number of anilines is 2. The number of nitrogens with one attached hydrogen (secondary N) is 1. The van der Waals surface area contributed by atoms with Gasteiger partial charge in [0.2, 0.25) is 0 Å². The Morgan fingerprint density at radius 2 is 2.30 bits per heavy atom. The lowest BCUT2D eigenvalue weighted by atomic mass is 10.3. The fourth-order valence-corrected chi connectivity index (χ4v) is 2.84. The Balaban J connectivity index is 1.73. The minimum absolute atomic E-state index is 0.423. The van der Waals surface area contributed by atoms with Crippen LogP contribution >= 0.6 is 11.5 Å². The summed E-state index contributed by atoms with van der Waals surface area (Å²) in [5, 5.41) is 3.96. The molecule has 0 amide bonds. The van der Waals surface area contributed by atoms with Crippen molar-refractivity contribution in [3.05, 3.63) is 36.0 Å². The van der Waals surface area contributed by atoms with Crippen LogP contribution in [0.3, 0.4) is 0 Å². The van der Waals surface area contributed by atoms with Crippen LogP contribution in [0.1, 0.15) is 34.9 Å². The highest BCUT2D eigenvalue weighted by Gasteiger charge is 2.27. The van der Waals surface area contributed by atoms with Crippen molar-refractivity contribution in [3.63, 3.8) is 0 Å². The molecule has 3 aromatic rings. The molecular formula is C13H11N5OS. The molecule has 1 saturated carbocycles. The number of hydrogen-bond donors (Lipinski definition) is 1. The predicted octanol–water partition coefficient (Wildman–Crippen LogP) is 2.62. The Hall–Kier alpha value is -2.28. The smallest absolute Gasteiger partial charge is 0.180 e. The molecule has 0 radical (unpaired) electrons. The van der Waals surface area contributed by atoms with E-state index in [1.165, 1.54) is 30.1 Å². The molecule has 1 aliphatic rings. The van der Waals surface area contributed by atoms with Crippen LogP contribution in [0.2, 0.25) is 0 Å². The molecule has 0 bridgehead atoms. The molecule has 3 heterocycles. The van der Waals surface area contributed by atoms with Crippen molar-refractivity contribution < 1.29 is 4.79 Å². The van der Waals surface area contributed by atoms with Crippen LogP contribution in [0.4, 0.5) is 10.8 Å². The van der Waals surface area contributed by atoms with Gasteiger partial charge in [-0.25, -0.2) is 9.97 Å². The maximum absolute atomic E-state index is 10.7. The third-order valence-electron chi connectivity index (χ3n) is 3.34. The summed E-state index contributed by atoms with van der Waals surface area (Å²) in [6.45, 7) is 0. The number of imidazole rings is 1. The fourth-order valence-electron chi connectivity index (χ4n) is 2.23. The van der Waals surface area contributed by atoms with Crippen molar-refractivity contribution in [2.75, 3.05) is 5.32 Å². The van der Waals surface area contributed by atoms with Crippen molar-refractivity contribution >= 4 is 34.3 Å². The Labute approximate surface area is 118 Å². The number of hydrogen-bond acceptors (Lipinski definition) is 6. The van der Waals surface area contributed by atoms with Gasteiger partial charge in [0, 0.05) is 36.3 Å². The van der Waals surface area contributed by atoms with Crippen molar-refractivity contribution in [1.29, 1.82) is 0 Å². The molecule has 1 aliphatic carbocycles. The molecule has 0 atom stereocenters. The normalized spacial score (nSPS) is 14.6. The minimum atomic E-state index is 0.423. The molecule has 7 heteroatoms. The highest BCUT2D eigenvalue weighted by atomic mass is 32.1. The van der Waals surface area contributed by atoms with Gasteiger partial charge >= 0.3 is 0 Å². The number of aldehydes is 1. The predicted molar refractivity (Wildman–Crippen MR) is 75.7 cm³/mol. The Morgan fingerprint density at radius 1 is 1.40 bits per heavy atom. The number of rotatable bonds is 4. The zero-order valence-electron chi connectivity index (χ0n) is 10.5. The van der Waals surface area contributed by atoms with E-state index in [-0.39, 0.29) is 0 Å². The van der Waals surface area contributed by atoms with Crippen LogP contribution in [-0.4, -0.2) is 25.0 Å². The highest BCUT2D eigenvalue weighted by molar-refractivity contribution is 7.10. The van der Waals surface area contributed by atoms with Gasteiger partial charge < -0.3 is 5.32 Å². The van der Waals surface area contributed by atoms with Crippen LogP contribution in [0.25, 0.3) is 5.65 Å². The summed E-state index contributed by atoms with van der Waals surface area (Å²) in [6, 6.07) is 1.70. The van der Waals surface area contributed by atoms with E-state index in [1.807, 2.05) is 12.4 Å². The summed E-state index contributed by atoms with van der Waals surface area (Å²) in [5.74, 6) is 1.31. The summed E-state index contributed by atoms with van der Waals surface area (Å²) in [7, 11) is 0. The molecule has 4 rings (SSSR count). The van der Waals surface area contributed by atoms with E-state index in [0.29, 0.717) is 17.4 Å². The monoisotopic (exact) mass is 285 g/mol. The number of aromatic nitrogens is 4. The fraction of sp³-hybridized carbons (Fsp3) is 0.231. The third-order valence-corrected chi connectivity index (χ3v) is 4.06. The van der Waals surface area contributed by atoms with Gasteiger partial charge in [-0.1, -0.05) is 0 Å². The minimum Gasteiger partial charge on any atom is -0.328 e. The van der Waals surface area contributed by atoms with E-state index in [2.05, 4.69) is 24.1 Å². The van der Waals surface area contributed by atoms with Crippen molar-refractivity contribution in [3.8, 4) is 0 Å². The van der Waals surface area contributed by atoms with Crippen molar-refractivity contribution in [2.24, 2.45) is 0 Å². The molecule has 1 fully saturated rings. The van der Waals surface area contributed by atoms with E-state index >= 15 is 0 Å². The first-order valence-electron chi connectivity index (χ1n) is 6.36. The molecule has 0 unspecified atom stereocenters. The average Bonchev–Trinajstić information content (AvgIpc) is 3.05. The van der Waals surface area contributed by atoms with Crippen LogP contribution in [-0.2, 0) is 0 Å². The van der Waals surface area contributed by atoms with Gasteiger partial charge in [-0.2, -0.15) is 4.37 Å². The standard InChI is InChI=1S/C13H11N5OS/c19-7-9-5-11(20-17-9)16-12-13-15-6-10(8-1-2-8)18(13)4-3-14-12/h3-8H,1-2H2,(H,14,16). The van der Waals surface area contributed by atoms with Gasteiger partial charge in [0.15, 0.2) is 17.8 Å². The summed E-state index contributed by atoms with van der Waals surface area (Å²) >= 11 is 1.23. The Kier molecular flexibility index (Phi) is 2.53. The molecule has 20 heavy (non-hydrogen) atoms. The van der Waals surface area contributed by atoms with Crippen LogP contribution in [0, 0.1) is 0 Å². The van der Waals surface area contributed by atoms with Gasteiger partial charge in [-0.15, -0.1) is 0 Å². The molecule has 0 aliphatic heterocycles. The second-order valence-corrected chi connectivity index (χ2v) is 5.59. The lowest BCUT2D eigenvalue weighted by molar-refractivity contribution is 0.112. The second kappa shape index (κ2) is 4.38. The highest BCUT2D eigenvalue weighted by Crippen LogP contribution is 2.40. The Morgan fingerprint density at radius 3 is 3.05 bits per heavy atom. The van der Waals surface area contributed by atoms with E-state index in [4.69, 9.17) is 0 Å². The topological polar surface area (TPSA) is 72.2 Å². The van der Waals surface area contributed by atoms with Gasteiger partial charge in [-0.05, 0) is 24.4 Å². The SMILES string of the molecule is O=Cc1cc(Nc2nccn3c(C4CC4)cnc23)sn1. The largest absolute Gasteiger partial charge is 0.328 e. The first-order valence-corrected chi connectivity index (χ1v) is 7.13. The van der Waals surface area contributed by atoms with E-state index in [1.54, 1.807) is 12.3 Å². The summed E-state index contributed by atoms with van der Waals surface area (Å²) in [6.07, 6.45) is 8.81. The summed E-state index contributed by atoms with van der Waals surface area (Å²) in [4.78, 5) is 19.4. The molecule has 6 nitrogen and oxygen atoms in total. The van der Waals surface area contributed by atoms with E-state index in [9.17, 15) is 4.79 Å². The molecule has 100 valence electrons. The van der Waals surface area contributed by atoms with Gasteiger partial charge in [0.05, 0.1) is 0 Å². The molecule has 0 aromatic carbocycles. The van der Waals surface area contributed by atoms with Gasteiger partial charge in [-0.3, -0.25) is 9.20 Å². The van der Waals surface area contributed by atoms with Crippen molar-refractivity contribution in [1.82, 2.24) is 18.7 Å². The number of nitrogens with zero attached hydrogens (tertiary/aromatic N) is 4. The van der Waals surface area contributed by atoms with Gasteiger partial charge in [0.25, 0.3) is 0 Å². The average molecular weight is 285 g/mol. The molecule has 0 spiro atoms. The number of carbonyl (C=O) groups excluding carboxylic acids is 1. The zero-order chi connectivity index (χ0) is 13.5. The van der Waals surface area contributed by atoms with Crippen LogP contribution in [0.15, 0.2) is 24.7 Å². The molecule has 1 N–H and O–H groups in total. The maximum Gasteiger partial charge on any atom is 0.180 e. The number of fused-ring (bicyclic) bond motifs is 1. The first kappa shape index (κ1) is 11.5. The van der Waals surface area contributed by atoms with Crippen LogP contribution < -0.4 is 5.32 Å². The second-order valence-electron chi connectivity index (χ2n) is 4.79. The van der Waals surface area contributed by atoms with E-state index < -0.39 is 0 Å². The van der Waals surface area contributed by atoms with E-state index in [0.717, 1.165) is 16.9 Å². The van der Waals surface area contributed by atoms with Crippen molar-refractivity contribution in [2.45, 2.75) is 18.8 Å². The summed E-state index contributed by atoms with van der Waals surface area (Å²) < 4.78 is 6.09. The molecular weight excluding hydrogens is 274 g/mol. The molecule has 0 saturated heterocycles. The number of carbonyl (C=O) groups is 1. The first-order chi connectivity index (χ1) is 9.85. The third kappa shape index (κ3) is 1.87. The lowest BCUT2D eigenvalue weighted by Crippen LogP contribution is -1.98. The maximum atomic E-state index is 10.7. The molecule has 3 aromatic heterocycles. The lowest BCUT2D eigenvalue weighted by Gasteiger charge is -2.04. The van der Waals surface area contributed by atoms with Gasteiger partial charge in [0.1, 0.15) is 10.7 Å².